The molecule has 0 amide bonds. The maximum Gasteiger partial charge on any atom is 0.327 e. The maximum absolute atomic E-state index is 11.2. The third-order valence-electron chi connectivity index (χ3n) is 2.45. The first kappa shape index (κ1) is 12.1. The standard InChI is InChI=1S/C12H11N3O3/c1-17-12(16)8-15-11(4-5-18-15)9-2-3-10(6-13)14-7-9/h2-4,7H,5,8H2,1H3. The molecule has 18 heavy (non-hydrogen) atoms. The van der Waals surface area contributed by atoms with Crippen LogP contribution in [-0.2, 0) is 14.4 Å². The van der Waals surface area contributed by atoms with Crippen molar-refractivity contribution < 1.29 is 14.4 Å². The smallest absolute Gasteiger partial charge is 0.327 e. The number of nitriles is 1. The van der Waals surface area contributed by atoms with Gasteiger partial charge in [0.2, 0.25) is 0 Å². The minimum Gasteiger partial charge on any atom is -0.468 e. The Labute approximate surface area is 104 Å². The fourth-order valence-corrected chi connectivity index (χ4v) is 1.56. The molecular weight excluding hydrogens is 234 g/mol. The van der Waals surface area contributed by atoms with E-state index in [-0.39, 0.29) is 12.5 Å². The van der Waals surface area contributed by atoms with Crippen molar-refractivity contribution in [3.05, 3.63) is 35.7 Å². The number of pyridine rings is 1. The molecule has 2 heterocycles. The Hall–Kier alpha value is -2.39. The summed E-state index contributed by atoms with van der Waals surface area (Å²) in [7, 11) is 1.32. The summed E-state index contributed by atoms with van der Waals surface area (Å²) in [6.07, 6.45) is 3.41. The van der Waals surface area contributed by atoms with E-state index in [0.717, 1.165) is 11.3 Å². The normalized spacial score (nSPS) is 14.0. The number of carbonyl (C=O) groups is 1. The Bertz CT molecular complexity index is 516. The molecule has 0 N–H and O–H groups in total. The number of aromatic nitrogens is 1. The molecule has 1 aromatic rings. The second-order valence-corrected chi connectivity index (χ2v) is 3.54. The van der Waals surface area contributed by atoms with Gasteiger partial charge in [0.05, 0.1) is 19.4 Å². The fraction of sp³-hybridized carbons (Fsp3) is 0.250. The number of rotatable bonds is 3. The summed E-state index contributed by atoms with van der Waals surface area (Å²) in [6.45, 7) is 0.411. The van der Waals surface area contributed by atoms with Gasteiger partial charge >= 0.3 is 5.97 Å². The number of ether oxygens (including phenoxy) is 1. The van der Waals surface area contributed by atoms with Crippen molar-refractivity contribution >= 4 is 11.7 Å². The molecule has 0 fully saturated rings. The summed E-state index contributed by atoms with van der Waals surface area (Å²) < 4.78 is 4.59. The molecule has 6 heteroatoms. The first-order valence-corrected chi connectivity index (χ1v) is 5.28. The summed E-state index contributed by atoms with van der Waals surface area (Å²) in [5.74, 6) is -0.385. The van der Waals surface area contributed by atoms with E-state index < -0.39 is 0 Å². The van der Waals surface area contributed by atoms with Crippen molar-refractivity contribution in [2.45, 2.75) is 0 Å². The second-order valence-electron chi connectivity index (χ2n) is 3.54. The van der Waals surface area contributed by atoms with Gasteiger partial charge in [0.15, 0.2) is 0 Å². The van der Waals surface area contributed by atoms with Crippen LogP contribution in [0.5, 0.6) is 0 Å². The van der Waals surface area contributed by atoms with Crippen molar-refractivity contribution in [2.75, 3.05) is 20.3 Å². The number of hydrogen-bond donors (Lipinski definition) is 0. The van der Waals surface area contributed by atoms with E-state index in [1.807, 2.05) is 12.1 Å². The van der Waals surface area contributed by atoms with Crippen LogP contribution < -0.4 is 0 Å². The van der Waals surface area contributed by atoms with E-state index in [1.165, 1.54) is 12.2 Å². The lowest BCUT2D eigenvalue weighted by Gasteiger charge is -2.19. The van der Waals surface area contributed by atoms with Crippen molar-refractivity contribution in [3.8, 4) is 6.07 Å². The molecule has 0 unspecified atom stereocenters. The minimum atomic E-state index is -0.385. The molecule has 0 saturated heterocycles. The van der Waals surface area contributed by atoms with Gasteiger partial charge in [0, 0.05) is 11.8 Å². The molecule has 0 saturated carbocycles. The van der Waals surface area contributed by atoms with Gasteiger partial charge in [-0.3, -0.25) is 9.63 Å². The third kappa shape index (κ3) is 2.47. The Morgan fingerprint density at radius 3 is 3.11 bits per heavy atom. The van der Waals surface area contributed by atoms with Crippen LogP contribution in [0.2, 0.25) is 0 Å². The maximum atomic E-state index is 11.2. The highest BCUT2D eigenvalue weighted by Crippen LogP contribution is 2.23. The molecular formula is C12H11N3O3. The highest BCUT2D eigenvalue weighted by molar-refractivity contribution is 5.75. The summed E-state index contributed by atoms with van der Waals surface area (Å²) in [5.41, 5.74) is 1.88. The lowest BCUT2D eigenvalue weighted by molar-refractivity contribution is -0.152. The van der Waals surface area contributed by atoms with Gasteiger partial charge in [0.25, 0.3) is 0 Å². The van der Waals surface area contributed by atoms with Crippen LogP contribution in [0.25, 0.3) is 5.70 Å². The molecule has 0 radical (unpaired) electrons. The Balaban J connectivity index is 2.16. The predicted molar refractivity (Wildman–Crippen MR) is 61.6 cm³/mol. The number of methoxy groups -OCH3 is 1. The predicted octanol–water partition coefficient (Wildman–Crippen LogP) is 0.714. The summed E-state index contributed by atoms with van der Waals surface area (Å²) >= 11 is 0. The molecule has 92 valence electrons. The monoisotopic (exact) mass is 245 g/mol. The number of esters is 1. The molecule has 1 aromatic heterocycles. The van der Waals surface area contributed by atoms with Gasteiger partial charge in [0.1, 0.15) is 18.3 Å². The lowest BCUT2D eigenvalue weighted by atomic mass is 10.2. The molecule has 0 aromatic carbocycles. The van der Waals surface area contributed by atoms with Gasteiger partial charge in [-0.15, -0.1) is 0 Å². The number of hydrogen-bond acceptors (Lipinski definition) is 6. The summed E-state index contributed by atoms with van der Waals surface area (Å²) in [6, 6.07) is 5.32. The average molecular weight is 245 g/mol. The van der Waals surface area contributed by atoms with Crippen LogP contribution in [0.3, 0.4) is 0 Å². The van der Waals surface area contributed by atoms with E-state index in [0.29, 0.717) is 12.3 Å². The van der Waals surface area contributed by atoms with Crippen LogP contribution in [0.4, 0.5) is 0 Å². The second kappa shape index (κ2) is 5.29. The van der Waals surface area contributed by atoms with Crippen LogP contribution in [-0.4, -0.2) is 36.3 Å². The van der Waals surface area contributed by atoms with Crippen molar-refractivity contribution in [1.82, 2.24) is 10.0 Å². The highest BCUT2D eigenvalue weighted by atomic mass is 16.7. The topological polar surface area (TPSA) is 75.4 Å². The summed E-state index contributed by atoms with van der Waals surface area (Å²) in [4.78, 5) is 20.5. The largest absolute Gasteiger partial charge is 0.468 e. The van der Waals surface area contributed by atoms with Crippen LogP contribution in [0, 0.1) is 11.3 Å². The van der Waals surface area contributed by atoms with E-state index in [1.54, 1.807) is 18.3 Å². The van der Waals surface area contributed by atoms with Crippen molar-refractivity contribution in [2.24, 2.45) is 0 Å². The lowest BCUT2D eigenvalue weighted by Crippen LogP contribution is -2.26. The average Bonchev–Trinajstić information content (AvgIpc) is 2.86. The van der Waals surface area contributed by atoms with E-state index in [4.69, 9.17) is 10.1 Å². The van der Waals surface area contributed by atoms with E-state index in [9.17, 15) is 4.79 Å². The van der Waals surface area contributed by atoms with E-state index in [2.05, 4.69) is 9.72 Å². The number of carbonyl (C=O) groups excluding carboxylic acids is 1. The molecule has 1 aliphatic rings. The van der Waals surface area contributed by atoms with Gasteiger partial charge in [-0.2, -0.15) is 5.26 Å². The van der Waals surface area contributed by atoms with Gasteiger partial charge in [-0.1, -0.05) is 0 Å². The van der Waals surface area contributed by atoms with Gasteiger partial charge in [-0.25, -0.2) is 10.0 Å². The zero-order valence-corrected chi connectivity index (χ0v) is 9.79. The number of nitrogens with zero attached hydrogens (tertiary/aromatic N) is 3. The first-order chi connectivity index (χ1) is 8.74. The SMILES string of the molecule is COC(=O)CN1OCC=C1c1ccc(C#N)nc1. The summed E-state index contributed by atoms with van der Waals surface area (Å²) in [5, 5.41) is 10.1. The Morgan fingerprint density at radius 2 is 2.50 bits per heavy atom. The molecule has 2 rings (SSSR count). The Kier molecular flexibility index (Phi) is 3.55. The molecule has 0 aliphatic carbocycles. The molecule has 0 bridgehead atoms. The van der Waals surface area contributed by atoms with Crippen LogP contribution >= 0.6 is 0 Å². The molecule has 6 nitrogen and oxygen atoms in total. The van der Waals surface area contributed by atoms with E-state index >= 15 is 0 Å². The first-order valence-electron chi connectivity index (χ1n) is 5.28. The van der Waals surface area contributed by atoms with Crippen molar-refractivity contribution in [3.63, 3.8) is 0 Å². The van der Waals surface area contributed by atoms with Crippen LogP contribution in [0.15, 0.2) is 24.4 Å². The zero-order valence-electron chi connectivity index (χ0n) is 9.79. The zero-order chi connectivity index (χ0) is 13.0. The van der Waals surface area contributed by atoms with Crippen LogP contribution in [0.1, 0.15) is 11.3 Å². The van der Waals surface area contributed by atoms with Gasteiger partial charge in [-0.05, 0) is 18.2 Å². The third-order valence-corrected chi connectivity index (χ3v) is 2.45. The van der Waals surface area contributed by atoms with Gasteiger partial charge < -0.3 is 4.74 Å². The molecule has 0 spiro atoms. The minimum absolute atomic E-state index is 0.0162. The quantitative estimate of drug-likeness (QED) is 0.730. The highest BCUT2D eigenvalue weighted by Gasteiger charge is 2.21. The van der Waals surface area contributed by atoms with Crippen molar-refractivity contribution in [1.29, 1.82) is 5.26 Å². The fourth-order valence-electron chi connectivity index (χ4n) is 1.56. The molecule has 0 atom stereocenters. The Morgan fingerprint density at radius 1 is 1.67 bits per heavy atom. The number of hydroxylamine groups is 2. The molecule has 1 aliphatic heterocycles.